The Balaban J connectivity index is 2.30. The summed E-state index contributed by atoms with van der Waals surface area (Å²) >= 11 is 0. The first kappa shape index (κ1) is 19.5. The number of hydrogen-bond donors (Lipinski definition) is 0. The Kier molecular flexibility index (Phi) is 7.55. The number of benzene rings is 1. The largest absolute Gasteiger partial charge is 0.494 e. The Morgan fingerprint density at radius 2 is 1.83 bits per heavy atom. The SMILES string of the molecule is CC(C)CCN(C)C(=O)CCCOc1ccc(S(C)(=O)=O)cc1. The van der Waals surface area contributed by atoms with Crippen molar-refractivity contribution in [3.63, 3.8) is 0 Å². The molecule has 0 spiro atoms. The summed E-state index contributed by atoms with van der Waals surface area (Å²) in [7, 11) is -1.35. The number of amides is 1. The lowest BCUT2D eigenvalue weighted by molar-refractivity contribution is -0.130. The summed E-state index contributed by atoms with van der Waals surface area (Å²) < 4.78 is 28.2. The van der Waals surface area contributed by atoms with Crippen LogP contribution in [0.3, 0.4) is 0 Å². The maximum absolute atomic E-state index is 11.9. The van der Waals surface area contributed by atoms with Gasteiger partial charge < -0.3 is 9.64 Å². The second kappa shape index (κ2) is 8.91. The molecule has 5 nitrogen and oxygen atoms in total. The van der Waals surface area contributed by atoms with Crippen molar-refractivity contribution in [3.05, 3.63) is 24.3 Å². The predicted molar refractivity (Wildman–Crippen MR) is 91.4 cm³/mol. The van der Waals surface area contributed by atoms with Gasteiger partial charge in [0.1, 0.15) is 5.75 Å². The average molecular weight is 341 g/mol. The summed E-state index contributed by atoms with van der Waals surface area (Å²) in [5.74, 6) is 1.32. The molecule has 0 aliphatic rings. The third kappa shape index (κ3) is 7.50. The van der Waals surface area contributed by atoms with Crippen molar-refractivity contribution in [3.8, 4) is 5.75 Å². The van der Waals surface area contributed by atoms with Crippen LogP contribution in [0.5, 0.6) is 5.75 Å². The van der Waals surface area contributed by atoms with Gasteiger partial charge in [0.05, 0.1) is 11.5 Å². The van der Waals surface area contributed by atoms with Crippen LogP contribution in [0.15, 0.2) is 29.2 Å². The summed E-state index contributed by atoms with van der Waals surface area (Å²) in [4.78, 5) is 14.0. The molecule has 0 radical (unpaired) electrons. The minimum absolute atomic E-state index is 0.127. The van der Waals surface area contributed by atoms with Crippen molar-refractivity contribution in [1.82, 2.24) is 4.90 Å². The second-order valence-electron chi connectivity index (χ2n) is 6.19. The summed E-state index contributed by atoms with van der Waals surface area (Å²) in [5, 5.41) is 0. The fourth-order valence-corrected chi connectivity index (χ4v) is 2.59. The van der Waals surface area contributed by atoms with Crippen LogP contribution in [0.4, 0.5) is 0 Å². The molecule has 1 aromatic rings. The molecule has 0 fully saturated rings. The predicted octanol–water partition coefficient (Wildman–Crippen LogP) is 2.75. The van der Waals surface area contributed by atoms with Gasteiger partial charge in [-0.2, -0.15) is 0 Å². The maximum atomic E-state index is 11.9. The Hall–Kier alpha value is -1.56. The van der Waals surface area contributed by atoms with Crippen molar-refractivity contribution in [2.24, 2.45) is 5.92 Å². The zero-order valence-electron chi connectivity index (χ0n) is 14.4. The van der Waals surface area contributed by atoms with Crippen molar-refractivity contribution in [2.45, 2.75) is 38.0 Å². The molecule has 0 saturated heterocycles. The van der Waals surface area contributed by atoms with Crippen LogP contribution in [0.1, 0.15) is 33.1 Å². The molecule has 130 valence electrons. The van der Waals surface area contributed by atoms with Crippen LogP contribution in [0, 0.1) is 5.92 Å². The van der Waals surface area contributed by atoms with E-state index < -0.39 is 9.84 Å². The molecule has 0 atom stereocenters. The van der Waals surface area contributed by atoms with E-state index in [0.29, 0.717) is 31.1 Å². The van der Waals surface area contributed by atoms with Gasteiger partial charge in [0.25, 0.3) is 0 Å². The Morgan fingerprint density at radius 3 is 2.35 bits per heavy atom. The topological polar surface area (TPSA) is 63.7 Å². The molecule has 23 heavy (non-hydrogen) atoms. The first-order chi connectivity index (χ1) is 10.7. The van der Waals surface area contributed by atoms with E-state index in [1.165, 1.54) is 18.4 Å². The lowest BCUT2D eigenvalue weighted by atomic mass is 10.1. The summed E-state index contributed by atoms with van der Waals surface area (Å²) in [6.07, 6.45) is 3.27. The van der Waals surface area contributed by atoms with Crippen molar-refractivity contribution < 1.29 is 17.9 Å². The smallest absolute Gasteiger partial charge is 0.222 e. The highest BCUT2D eigenvalue weighted by Crippen LogP contribution is 2.16. The zero-order chi connectivity index (χ0) is 17.5. The molecular weight excluding hydrogens is 314 g/mol. The van der Waals surface area contributed by atoms with E-state index in [1.54, 1.807) is 17.0 Å². The number of nitrogens with zero attached hydrogens (tertiary/aromatic N) is 1. The molecule has 0 aliphatic heterocycles. The van der Waals surface area contributed by atoms with Gasteiger partial charge >= 0.3 is 0 Å². The van der Waals surface area contributed by atoms with E-state index in [4.69, 9.17) is 4.74 Å². The van der Waals surface area contributed by atoms with Crippen molar-refractivity contribution >= 4 is 15.7 Å². The number of ether oxygens (including phenoxy) is 1. The monoisotopic (exact) mass is 341 g/mol. The van der Waals surface area contributed by atoms with Gasteiger partial charge in [-0.25, -0.2) is 8.42 Å². The van der Waals surface area contributed by atoms with Crippen LogP contribution in [0.2, 0.25) is 0 Å². The molecule has 6 heteroatoms. The van der Waals surface area contributed by atoms with Crippen molar-refractivity contribution in [2.75, 3.05) is 26.5 Å². The van der Waals surface area contributed by atoms with Gasteiger partial charge in [0.2, 0.25) is 5.91 Å². The number of sulfone groups is 1. The highest BCUT2D eigenvalue weighted by atomic mass is 32.2. The average Bonchev–Trinajstić information content (AvgIpc) is 2.48. The van der Waals surface area contributed by atoms with E-state index >= 15 is 0 Å². The van der Waals surface area contributed by atoms with E-state index in [9.17, 15) is 13.2 Å². The standard InChI is InChI=1S/C17H27NO4S/c1-14(2)11-12-18(3)17(19)6-5-13-22-15-7-9-16(10-8-15)23(4,20)21/h7-10,14H,5-6,11-13H2,1-4H3. The maximum Gasteiger partial charge on any atom is 0.222 e. The van der Waals surface area contributed by atoms with Crippen molar-refractivity contribution in [1.29, 1.82) is 0 Å². The number of carbonyl (C=O) groups is 1. The van der Waals surface area contributed by atoms with Crippen LogP contribution >= 0.6 is 0 Å². The van der Waals surface area contributed by atoms with Gasteiger partial charge in [0, 0.05) is 26.3 Å². The first-order valence-corrected chi connectivity index (χ1v) is 9.76. The van der Waals surface area contributed by atoms with Crippen LogP contribution < -0.4 is 4.74 Å². The fourth-order valence-electron chi connectivity index (χ4n) is 1.96. The van der Waals surface area contributed by atoms with Gasteiger partial charge in [-0.15, -0.1) is 0 Å². The number of carbonyl (C=O) groups excluding carboxylic acids is 1. The molecule has 0 N–H and O–H groups in total. The summed E-state index contributed by atoms with van der Waals surface area (Å²) in [5.41, 5.74) is 0. The first-order valence-electron chi connectivity index (χ1n) is 7.87. The van der Waals surface area contributed by atoms with E-state index in [-0.39, 0.29) is 10.8 Å². The van der Waals surface area contributed by atoms with Gasteiger partial charge in [-0.1, -0.05) is 13.8 Å². The summed E-state index contributed by atoms with van der Waals surface area (Å²) in [6.45, 7) is 5.49. The molecule has 0 heterocycles. The second-order valence-corrected chi connectivity index (χ2v) is 8.21. The molecule has 0 saturated carbocycles. The van der Waals surface area contributed by atoms with Gasteiger partial charge in [-0.05, 0) is 43.0 Å². The van der Waals surface area contributed by atoms with E-state index in [0.717, 1.165) is 13.0 Å². The lowest BCUT2D eigenvalue weighted by Crippen LogP contribution is -2.28. The number of hydrogen-bond acceptors (Lipinski definition) is 4. The Labute approximate surface area is 139 Å². The van der Waals surface area contributed by atoms with E-state index in [2.05, 4.69) is 13.8 Å². The molecule has 1 rings (SSSR count). The van der Waals surface area contributed by atoms with E-state index in [1.807, 2.05) is 7.05 Å². The zero-order valence-corrected chi connectivity index (χ0v) is 15.2. The molecule has 0 bridgehead atoms. The molecule has 1 aromatic carbocycles. The highest BCUT2D eigenvalue weighted by molar-refractivity contribution is 7.90. The molecule has 1 amide bonds. The van der Waals surface area contributed by atoms with Crippen LogP contribution in [-0.4, -0.2) is 45.7 Å². The third-order valence-corrected chi connectivity index (χ3v) is 4.65. The minimum atomic E-state index is -3.18. The normalized spacial score (nSPS) is 11.5. The lowest BCUT2D eigenvalue weighted by Gasteiger charge is -2.18. The Bertz CT molecular complexity index is 594. The minimum Gasteiger partial charge on any atom is -0.494 e. The quantitative estimate of drug-likeness (QED) is 0.648. The number of rotatable bonds is 9. The molecular formula is C17H27NO4S. The third-order valence-electron chi connectivity index (χ3n) is 3.52. The molecule has 0 aliphatic carbocycles. The molecule has 0 unspecified atom stereocenters. The van der Waals surface area contributed by atoms with Crippen LogP contribution in [0.25, 0.3) is 0 Å². The van der Waals surface area contributed by atoms with Gasteiger partial charge in [-0.3, -0.25) is 4.79 Å². The fraction of sp³-hybridized carbons (Fsp3) is 0.588. The molecule has 0 aromatic heterocycles. The highest BCUT2D eigenvalue weighted by Gasteiger charge is 2.09. The Morgan fingerprint density at radius 1 is 1.22 bits per heavy atom. The van der Waals surface area contributed by atoms with Crippen LogP contribution in [-0.2, 0) is 14.6 Å². The summed E-state index contributed by atoms with van der Waals surface area (Å²) in [6, 6.07) is 6.31. The van der Waals surface area contributed by atoms with Gasteiger partial charge in [0.15, 0.2) is 9.84 Å².